The van der Waals surface area contributed by atoms with Gasteiger partial charge in [0.2, 0.25) is 5.91 Å². The van der Waals surface area contributed by atoms with Crippen LogP contribution in [-0.4, -0.2) is 32.1 Å². The van der Waals surface area contributed by atoms with Crippen LogP contribution in [0.2, 0.25) is 0 Å². The van der Waals surface area contributed by atoms with Crippen LogP contribution >= 0.6 is 0 Å². The van der Waals surface area contributed by atoms with Gasteiger partial charge in [0, 0.05) is 5.56 Å². The summed E-state index contributed by atoms with van der Waals surface area (Å²) in [6.07, 6.45) is 4.24. The van der Waals surface area contributed by atoms with E-state index in [1.54, 1.807) is 6.07 Å². The molecule has 0 saturated heterocycles. The molecular formula is C22H25F3N2O4. The minimum atomic E-state index is -1.69. The van der Waals surface area contributed by atoms with E-state index in [4.69, 9.17) is 9.47 Å². The second-order valence-electron chi connectivity index (χ2n) is 6.73. The Morgan fingerprint density at radius 3 is 2.45 bits per heavy atom. The maximum absolute atomic E-state index is 13.6. The fraction of sp³-hybridized carbons (Fsp3) is 0.364. The SMILES string of the molecule is CCCCCCOc1ccc(C(=O)NCC(=O)Nc2ccc(F)c(F)c2F)cc1OC. The Hall–Kier alpha value is -3.23. The van der Waals surface area contributed by atoms with E-state index in [0.717, 1.165) is 31.7 Å². The fourth-order valence-electron chi connectivity index (χ4n) is 2.72. The lowest BCUT2D eigenvalue weighted by molar-refractivity contribution is -0.115. The van der Waals surface area contributed by atoms with Crippen molar-refractivity contribution in [1.82, 2.24) is 5.32 Å². The first-order chi connectivity index (χ1) is 14.9. The molecule has 0 aliphatic heterocycles. The molecule has 2 aromatic rings. The van der Waals surface area contributed by atoms with Gasteiger partial charge in [-0.15, -0.1) is 0 Å². The topological polar surface area (TPSA) is 76.7 Å². The molecule has 0 saturated carbocycles. The third kappa shape index (κ3) is 6.91. The van der Waals surface area contributed by atoms with Gasteiger partial charge in [-0.05, 0) is 36.8 Å². The average Bonchev–Trinajstić information content (AvgIpc) is 2.77. The molecule has 0 aliphatic rings. The predicted octanol–water partition coefficient (Wildman–Crippen LogP) is 4.44. The first-order valence-electron chi connectivity index (χ1n) is 9.89. The zero-order valence-corrected chi connectivity index (χ0v) is 17.4. The van der Waals surface area contributed by atoms with E-state index in [9.17, 15) is 22.8 Å². The second kappa shape index (κ2) is 11.8. The molecule has 9 heteroatoms. The molecule has 0 fully saturated rings. The maximum atomic E-state index is 13.6. The number of carbonyl (C=O) groups excluding carboxylic acids is 2. The van der Waals surface area contributed by atoms with Crippen LogP contribution in [0.3, 0.4) is 0 Å². The predicted molar refractivity (Wildman–Crippen MR) is 110 cm³/mol. The first-order valence-corrected chi connectivity index (χ1v) is 9.89. The lowest BCUT2D eigenvalue weighted by Gasteiger charge is -2.12. The summed E-state index contributed by atoms with van der Waals surface area (Å²) in [6.45, 7) is 2.15. The molecule has 2 amide bonds. The van der Waals surface area contributed by atoms with Gasteiger partial charge in [-0.3, -0.25) is 9.59 Å². The number of amides is 2. The van der Waals surface area contributed by atoms with Gasteiger partial charge < -0.3 is 20.1 Å². The van der Waals surface area contributed by atoms with Gasteiger partial charge >= 0.3 is 0 Å². The van der Waals surface area contributed by atoms with Crippen LogP contribution in [0.4, 0.5) is 18.9 Å². The standard InChI is InChI=1S/C22H25F3N2O4/c1-3-4-5-6-11-31-17-10-7-14(12-18(17)30-2)22(29)26-13-19(28)27-16-9-8-15(23)20(24)21(16)25/h7-10,12H,3-6,11,13H2,1-2H3,(H,26,29)(H,27,28). The van der Waals surface area contributed by atoms with Crippen LogP contribution in [-0.2, 0) is 4.79 Å². The van der Waals surface area contributed by atoms with Crippen molar-refractivity contribution in [3.63, 3.8) is 0 Å². The van der Waals surface area contributed by atoms with Crippen LogP contribution in [0.5, 0.6) is 11.5 Å². The Morgan fingerprint density at radius 1 is 0.968 bits per heavy atom. The summed E-state index contributed by atoms with van der Waals surface area (Å²) in [6, 6.07) is 6.17. The highest BCUT2D eigenvalue weighted by Crippen LogP contribution is 2.28. The van der Waals surface area contributed by atoms with E-state index in [1.165, 1.54) is 19.2 Å². The summed E-state index contributed by atoms with van der Waals surface area (Å²) in [4.78, 5) is 24.2. The Bertz CT molecular complexity index is 922. The maximum Gasteiger partial charge on any atom is 0.251 e. The molecule has 2 rings (SSSR count). The van der Waals surface area contributed by atoms with Gasteiger partial charge in [-0.2, -0.15) is 0 Å². The van der Waals surface area contributed by atoms with Crippen LogP contribution in [0.1, 0.15) is 43.0 Å². The number of hydrogen-bond donors (Lipinski definition) is 2. The van der Waals surface area contributed by atoms with Gasteiger partial charge in [0.05, 0.1) is 25.9 Å². The smallest absolute Gasteiger partial charge is 0.251 e. The number of nitrogens with one attached hydrogen (secondary N) is 2. The molecule has 0 aliphatic carbocycles. The highest BCUT2D eigenvalue weighted by molar-refractivity contribution is 5.99. The van der Waals surface area contributed by atoms with E-state index in [-0.39, 0.29) is 5.56 Å². The molecule has 168 valence electrons. The molecule has 0 spiro atoms. The minimum Gasteiger partial charge on any atom is -0.493 e. The summed E-state index contributed by atoms with van der Waals surface area (Å²) in [5.41, 5.74) is -0.303. The molecule has 0 bridgehead atoms. The second-order valence-corrected chi connectivity index (χ2v) is 6.73. The Morgan fingerprint density at radius 2 is 1.74 bits per heavy atom. The van der Waals surface area contributed by atoms with Gasteiger partial charge in [0.15, 0.2) is 29.0 Å². The number of benzene rings is 2. The third-order valence-corrected chi connectivity index (χ3v) is 4.40. The minimum absolute atomic E-state index is 0.224. The molecular weight excluding hydrogens is 413 g/mol. The van der Waals surface area contributed by atoms with E-state index in [1.807, 2.05) is 0 Å². The number of rotatable bonds is 11. The van der Waals surface area contributed by atoms with Crippen molar-refractivity contribution in [2.45, 2.75) is 32.6 Å². The van der Waals surface area contributed by atoms with Gasteiger partial charge in [-0.25, -0.2) is 13.2 Å². The number of anilines is 1. The highest BCUT2D eigenvalue weighted by atomic mass is 19.2. The molecule has 0 radical (unpaired) electrons. The third-order valence-electron chi connectivity index (χ3n) is 4.40. The Balaban J connectivity index is 1.91. The molecule has 0 atom stereocenters. The summed E-state index contributed by atoms with van der Waals surface area (Å²) >= 11 is 0. The van der Waals surface area contributed by atoms with Gasteiger partial charge in [0.25, 0.3) is 5.91 Å². The Labute approximate surface area is 178 Å². The van der Waals surface area contributed by atoms with Gasteiger partial charge in [-0.1, -0.05) is 26.2 Å². The summed E-state index contributed by atoms with van der Waals surface area (Å²) in [7, 11) is 1.45. The van der Waals surface area contributed by atoms with Gasteiger partial charge in [0.1, 0.15) is 0 Å². The highest BCUT2D eigenvalue weighted by Gasteiger charge is 2.16. The van der Waals surface area contributed by atoms with Crippen molar-refractivity contribution in [3.05, 3.63) is 53.3 Å². The first kappa shape index (κ1) is 24.0. The van der Waals surface area contributed by atoms with Crippen molar-refractivity contribution in [2.24, 2.45) is 0 Å². The van der Waals surface area contributed by atoms with Crippen LogP contribution in [0, 0.1) is 17.5 Å². The monoisotopic (exact) mass is 438 g/mol. The van der Waals surface area contributed by atoms with E-state index < -0.39 is 41.5 Å². The lowest BCUT2D eigenvalue weighted by atomic mass is 10.2. The zero-order chi connectivity index (χ0) is 22.8. The van der Waals surface area contributed by atoms with E-state index in [2.05, 4.69) is 17.6 Å². The summed E-state index contributed by atoms with van der Waals surface area (Å²) < 4.78 is 50.7. The molecule has 0 aromatic heterocycles. The van der Waals surface area contributed by atoms with Crippen molar-refractivity contribution in [2.75, 3.05) is 25.6 Å². The van der Waals surface area contributed by atoms with Crippen LogP contribution in [0.15, 0.2) is 30.3 Å². The quantitative estimate of drug-likeness (QED) is 0.402. The molecule has 0 unspecified atom stereocenters. The van der Waals surface area contributed by atoms with Crippen molar-refractivity contribution < 1.29 is 32.2 Å². The molecule has 2 aromatic carbocycles. The normalized spacial score (nSPS) is 10.5. The summed E-state index contributed by atoms with van der Waals surface area (Å²) in [5, 5.41) is 4.44. The Kier molecular flexibility index (Phi) is 9.17. The van der Waals surface area contributed by atoms with Crippen molar-refractivity contribution >= 4 is 17.5 Å². The van der Waals surface area contributed by atoms with Crippen LogP contribution in [0.25, 0.3) is 0 Å². The fourth-order valence-corrected chi connectivity index (χ4v) is 2.72. The number of methoxy groups -OCH3 is 1. The molecule has 2 N–H and O–H groups in total. The zero-order valence-electron chi connectivity index (χ0n) is 17.4. The van der Waals surface area contributed by atoms with Crippen molar-refractivity contribution in [3.8, 4) is 11.5 Å². The van der Waals surface area contributed by atoms with E-state index >= 15 is 0 Å². The number of unbranched alkanes of at least 4 members (excludes halogenated alkanes) is 3. The van der Waals surface area contributed by atoms with E-state index in [0.29, 0.717) is 24.2 Å². The number of halogens is 3. The number of ether oxygens (including phenoxy) is 2. The number of hydrogen-bond acceptors (Lipinski definition) is 4. The lowest BCUT2D eigenvalue weighted by Crippen LogP contribution is -2.33. The van der Waals surface area contributed by atoms with Crippen LogP contribution < -0.4 is 20.1 Å². The molecule has 0 heterocycles. The van der Waals surface area contributed by atoms with Crippen molar-refractivity contribution in [1.29, 1.82) is 0 Å². The molecule has 6 nitrogen and oxygen atoms in total. The molecule has 31 heavy (non-hydrogen) atoms. The largest absolute Gasteiger partial charge is 0.493 e. The number of carbonyl (C=O) groups is 2. The average molecular weight is 438 g/mol. The summed E-state index contributed by atoms with van der Waals surface area (Å²) in [5.74, 6) is -5.09.